The Morgan fingerprint density at radius 3 is 2.02 bits per heavy atom. The van der Waals surface area contributed by atoms with Gasteiger partial charge in [0.25, 0.3) is 0 Å². The average molecular weight is 718 g/mol. The topological polar surface area (TPSA) is 99.2 Å². The largest absolute Gasteiger partial charge is 0.487 e. The van der Waals surface area contributed by atoms with Crippen LogP contribution in [0.4, 0.5) is 28.6 Å². The zero-order valence-corrected chi connectivity index (χ0v) is 31.9. The predicted octanol–water partition coefficient (Wildman–Crippen LogP) is 9.55. The SMILES string of the molecule is CC(C)(C)OC(=O)N(C(=O)OC(C)(C)C)c1cc2c(CNC3CC(Oc4ccc(F)cc4F)C3)c(F)cc(CO[Si](C)(C)C(C)(C)C)c2cn1. The molecule has 1 fully saturated rings. The van der Waals surface area contributed by atoms with E-state index in [0.717, 1.165) is 12.1 Å². The van der Waals surface area contributed by atoms with E-state index in [1.165, 1.54) is 24.4 Å². The summed E-state index contributed by atoms with van der Waals surface area (Å²) in [7, 11) is -2.22. The van der Waals surface area contributed by atoms with Gasteiger partial charge in [0.1, 0.15) is 34.8 Å². The monoisotopic (exact) mass is 717 g/mol. The molecule has 1 aliphatic rings. The van der Waals surface area contributed by atoms with Crippen LogP contribution in [0.5, 0.6) is 5.75 Å². The number of nitrogens with one attached hydrogen (secondary N) is 1. The Balaban J connectivity index is 1.68. The lowest BCUT2D eigenvalue weighted by Gasteiger charge is -2.36. The lowest BCUT2D eigenvalue weighted by atomic mass is 9.88. The summed E-state index contributed by atoms with van der Waals surface area (Å²) in [6.45, 7) is 20.9. The molecule has 1 N–H and O–H groups in total. The van der Waals surface area contributed by atoms with E-state index in [2.05, 4.69) is 44.2 Å². The molecule has 274 valence electrons. The fourth-order valence-electron chi connectivity index (χ4n) is 4.99. The van der Waals surface area contributed by atoms with Gasteiger partial charge in [-0.15, -0.1) is 0 Å². The van der Waals surface area contributed by atoms with Crippen LogP contribution < -0.4 is 15.0 Å². The number of aromatic nitrogens is 1. The number of fused-ring (bicyclic) bond motifs is 1. The lowest BCUT2D eigenvalue weighted by Crippen LogP contribution is -2.46. The van der Waals surface area contributed by atoms with Gasteiger partial charge in [0.05, 0.1) is 6.61 Å². The minimum Gasteiger partial charge on any atom is -0.487 e. The quantitative estimate of drug-likeness (QED) is 0.219. The molecule has 9 nitrogen and oxygen atoms in total. The molecular weight excluding hydrogens is 668 g/mol. The Labute approximate surface area is 294 Å². The summed E-state index contributed by atoms with van der Waals surface area (Å²) in [5.41, 5.74) is -1.00. The zero-order chi connectivity index (χ0) is 37.4. The van der Waals surface area contributed by atoms with Crippen molar-refractivity contribution in [2.75, 3.05) is 4.90 Å². The fraction of sp³-hybridized carbons (Fsp3) is 0.541. The molecule has 0 spiro atoms. The van der Waals surface area contributed by atoms with Crippen LogP contribution in [0.1, 0.15) is 86.3 Å². The third kappa shape index (κ3) is 9.76. The van der Waals surface area contributed by atoms with Crippen LogP contribution in [0.2, 0.25) is 18.1 Å². The van der Waals surface area contributed by atoms with Crippen molar-refractivity contribution in [3.05, 3.63) is 65.1 Å². The second-order valence-electron chi connectivity index (χ2n) is 16.3. The smallest absolute Gasteiger partial charge is 0.425 e. The summed E-state index contributed by atoms with van der Waals surface area (Å²) in [6, 6.07) is 6.03. The highest BCUT2D eigenvalue weighted by atomic mass is 28.4. The van der Waals surface area contributed by atoms with Gasteiger partial charge >= 0.3 is 12.2 Å². The number of ether oxygens (including phenoxy) is 3. The number of carbonyl (C=O) groups is 2. The molecule has 0 aliphatic heterocycles. The van der Waals surface area contributed by atoms with Crippen LogP contribution in [0.3, 0.4) is 0 Å². The van der Waals surface area contributed by atoms with E-state index in [4.69, 9.17) is 18.6 Å². The van der Waals surface area contributed by atoms with Crippen LogP contribution >= 0.6 is 0 Å². The first-order valence-corrected chi connectivity index (χ1v) is 19.7. The summed E-state index contributed by atoms with van der Waals surface area (Å²) >= 11 is 0. The van der Waals surface area contributed by atoms with E-state index in [1.807, 2.05) is 0 Å². The van der Waals surface area contributed by atoms with Gasteiger partial charge in [0.15, 0.2) is 19.9 Å². The Hall–Kier alpha value is -3.68. The second-order valence-corrected chi connectivity index (χ2v) is 21.1. The van der Waals surface area contributed by atoms with E-state index in [0.29, 0.717) is 39.6 Å². The van der Waals surface area contributed by atoms with E-state index in [9.17, 15) is 18.4 Å². The number of hydrogen-bond acceptors (Lipinski definition) is 8. The molecule has 3 aromatic rings. The predicted molar refractivity (Wildman–Crippen MR) is 189 cm³/mol. The number of imide groups is 1. The second kappa shape index (κ2) is 14.5. The molecule has 0 atom stereocenters. The maximum absolute atomic E-state index is 16.1. The van der Waals surface area contributed by atoms with Crippen molar-refractivity contribution in [3.63, 3.8) is 0 Å². The number of pyridine rings is 1. The maximum Gasteiger partial charge on any atom is 0.425 e. The van der Waals surface area contributed by atoms with Crippen LogP contribution in [-0.2, 0) is 27.1 Å². The maximum atomic E-state index is 16.1. The normalized spacial score (nSPS) is 16.9. The van der Waals surface area contributed by atoms with Crippen molar-refractivity contribution in [3.8, 4) is 5.75 Å². The first-order valence-electron chi connectivity index (χ1n) is 16.8. The first-order chi connectivity index (χ1) is 22.9. The molecule has 0 radical (unpaired) electrons. The Kier molecular flexibility index (Phi) is 11.3. The molecule has 0 bridgehead atoms. The summed E-state index contributed by atoms with van der Waals surface area (Å²) < 4.78 is 66.8. The summed E-state index contributed by atoms with van der Waals surface area (Å²) in [5.74, 6) is -2.08. The van der Waals surface area contributed by atoms with Crippen molar-refractivity contribution in [1.82, 2.24) is 10.3 Å². The van der Waals surface area contributed by atoms with Crippen LogP contribution in [0.15, 0.2) is 36.5 Å². The molecule has 4 rings (SSSR count). The molecule has 0 unspecified atom stereocenters. The zero-order valence-electron chi connectivity index (χ0n) is 30.9. The molecule has 1 heterocycles. The van der Waals surface area contributed by atoms with Crippen LogP contribution in [0, 0.1) is 17.5 Å². The van der Waals surface area contributed by atoms with Crippen molar-refractivity contribution >= 4 is 37.1 Å². The summed E-state index contributed by atoms with van der Waals surface area (Å²) in [4.78, 5) is 32.0. The van der Waals surface area contributed by atoms with Gasteiger partial charge in [-0.25, -0.2) is 27.7 Å². The number of carbonyl (C=O) groups excluding carboxylic acids is 2. The van der Waals surface area contributed by atoms with Gasteiger partial charge in [0.2, 0.25) is 0 Å². The van der Waals surface area contributed by atoms with Gasteiger partial charge in [-0.05, 0) is 108 Å². The van der Waals surface area contributed by atoms with Gasteiger partial charge in [0, 0.05) is 35.8 Å². The molecule has 2 amide bonds. The standard InChI is InChI=1S/C37H50F3N3O6Si/c1-35(2,3)48-33(44)43(34(45)49-36(4,5)6)32-18-26-27(19-42-32)22(21-46-50(10,11)37(7,8)9)14-29(39)28(26)20-41-24-16-25(17-24)47-31-13-12-23(38)15-30(31)40/h12-15,18-19,24-25,41H,16-17,20-21H2,1-11H3. The Morgan fingerprint density at radius 1 is 0.880 bits per heavy atom. The van der Waals surface area contributed by atoms with Crippen molar-refractivity contribution in [2.45, 2.75) is 130 Å². The number of nitrogens with zero attached hydrogens (tertiary/aromatic N) is 2. The van der Waals surface area contributed by atoms with E-state index < -0.39 is 49.2 Å². The minimum atomic E-state index is -2.22. The van der Waals surface area contributed by atoms with Gasteiger partial charge in [-0.2, -0.15) is 4.90 Å². The van der Waals surface area contributed by atoms with Gasteiger partial charge < -0.3 is 24.0 Å². The van der Waals surface area contributed by atoms with E-state index in [1.54, 1.807) is 41.5 Å². The Morgan fingerprint density at radius 2 is 1.48 bits per heavy atom. The van der Waals surface area contributed by atoms with Crippen LogP contribution in [-0.4, -0.2) is 48.8 Å². The fourth-order valence-corrected chi connectivity index (χ4v) is 5.94. The molecule has 1 saturated carbocycles. The number of amides is 2. The highest BCUT2D eigenvalue weighted by Gasteiger charge is 2.38. The van der Waals surface area contributed by atoms with Gasteiger partial charge in [-0.1, -0.05) is 20.8 Å². The van der Waals surface area contributed by atoms with Crippen LogP contribution in [0.25, 0.3) is 10.8 Å². The highest BCUT2D eigenvalue weighted by Crippen LogP contribution is 2.38. The Bertz CT molecular complexity index is 1700. The van der Waals surface area contributed by atoms with E-state index in [-0.39, 0.29) is 41.9 Å². The molecule has 13 heteroatoms. The molecule has 1 aliphatic carbocycles. The number of halogens is 3. The molecule has 0 saturated heterocycles. The average Bonchev–Trinajstić information content (AvgIpc) is 2.92. The number of rotatable bonds is 9. The third-order valence-corrected chi connectivity index (χ3v) is 13.3. The molecule has 1 aromatic heterocycles. The number of anilines is 1. The molecular formula is C37H50F3N3O6Si. The van der Waals surface area contributed by atoms with Crippen molar-refractivity contribution < 1.29 is 41.4 Å². The van der Waals surface area contributed by atoms with Crippen molar-refractivity contribution in [2.24, 2.45) is 0 Å². The number of hydrogen-bond donors (Lipinski definition) is 1. The molecule has 2 aromatic carbocycles. The summed E-state index contributed by atoms with van der Waals surface area (Å²) in [5, 5.41) is 4.29. The lowest BCUT2D eigenvalue weighted by molar-refractivity contribution is 0.0429. The highest BCUT2D eigenvalue weighted by molar-refractivity contribution is 6.74. The minimum absolute atomic E-state index is 0.0260. The number of benzene rings is 2. The van der Waals surface area contributed by atoms with E-state index >= 15 is 4.39 Å². The summed E-state index contributed by atoms with van der Waals surface area (Å²) in [6.07, 6.45) is 0.267. The third-order valence-electron chi connectivity index (χ3n) is 8.78. The first kappa shape index (κ1) is 39.1. The van der Waals surface area contributed by atoms with Gasteiger partial charge in [-0.3, -0.25) is 0 Å². The molecule has 50 heavy (non-hydrogen) atoms. The van der Waals surface area contributed by atoms with Crippen molar-refractivity contribution in [1.29, 1.82) is 0 Å².